The third-order valence-electron chi connectivity index (χ3n) is 5.30. The van der Waals surface area contributed by atoms with Gasteiger partial charge in [-0.2, -0.15) is 0 Å². The van der Waals surface area contributed by atoms with Crippen LogP contribution in [0.2, 0.25) is 0 Å². The zero-order chi connectivity index (χ0) is 22.3. The second kappa shape index (κ2) is 10.0. The summed E-state index contributed by atoms with van der Waals surface area (Å²) < 4.78 is 11.3. The van der Waals surface area contributed by atoms with Gasteiger partial charge in [0.2, 0.25) is 6.10 Å². The van der Waals surface area contributed by atoms with Gasteiger partial charge < -0.3 is 20.1 Å². The fourth-order valence-corrected chi connectivity index (χ4v) is 3.48. The smallest absolute Gasteiger partial charge is 0.269 e. The van der Waals surface area contributed by atoms with Gasteiger partial charge in [-0.15, -0.1) is 0 Å². The Labute approximate surface area is 187 Å². The van der Waals surface area contributed by atoms with E-state index in [0.717, 1.165) is 12.8 Å². The van der Waals surface area contributed by atoms with Crippen molar-refractivity contribution >= 4 is 17.5 Å². The molecule has 3 aromatic carbocycles. The lowest BCUT2D eigenvalue weighted by molar-refractivity contribution is -0.125. The number of para-hydroxylation sites is 2. The van der Waals surface area contributed by atoms with E-state index in [1.54, 1.807) is 36.4 Å². The molecule has 0 unspecified atom stereocenters. The van der Waals surface area contributed by atoms with E-state index in [0.29, 0.717) is 22.7 Å². The Bertz CT molecular complexity index is 1070. The molecule has 1 aliphatic rings. The van der Waals surface area contributed by atoms with Crippen LogP contribution in [0.1, 0.15) is 29.3 Å². The average Bonchev–Trinajstić information content (AvgIpc) is 2.83. The highest BCUT2D eigenvalue weighted by molar-refractivity contribution is 5.97. The van der Waals surface area contributed by atoms with Gasteiger partial charge in [0.1, 0.15) is 6.61 Å². The van der Waals surface area contributed by atoms with Crippen LogP contribution in [-0.4, -0.2) is 30.6 Å². The molecule has 6 nitrogen and oxygen atoms in total. The van der Waals surface area contributed by atoms with Crippen molar-refractivity contribution in [3.8, 4) is 11.5 Å². The Morgan fingerprint density at radius 3 is 2.38 bits per heavy atom. The quantitative estimate of drug-likeness (QED) is 0.589. The van der Waals surface area contributed by atoms with E-state index in [2.05, 4.69) is 22.8 Å². The summed E-state index contributed by atoms with van der Waals surface area (Å²) in [5, 5.41) is 5.84. The summed E-state index contributed by atoms with van der Waals surface area (Å²) in [5.74, 6) is 0.743. The van der Waals surface area contributed by atoms with E-state index in [1.807, 2.05) is 37.3 Å². The average molecular weight is 431 g/mol. The molecule has 6 heteroatoms. The number of hydrogen-bond acceptors (Lipinski definition) is 4. The molecule has 0 spiro atoms. The molecule has 0 radical (unpaired) electrons. The van der Waals surface area contributed by atoms with Crippen molar-refractivity contribution in [2.24, 2.45) is 0 Å². The third-order valence-corrected chi connectivity index (χ3v) is 5.30. The van der Waals surface area contributed by atoms with E-state index in [-0.39, 0.29) is 24.5 Å². The molecule has 3 aromatic rings. The van der Waals surface area contributed by atoms with Gasteiger partial charge in [0.15, 0.2) is 11.5 Å². The number of carbonyl (C=O) groups excluding carboxylic acids is 2. The molecule has 2 amide bonds. The second-order valence-electron chi connectivity index (χ2n) is 7.83. The van der Waals surface area contributed by atoms with Crippen LogP contribution < -0.4 is 20.1 Å². The predicted molar refractivity (Wildman–Crippen MR) is 123 cm³/mol. The van der Waals surface area contributed by atoms with E-state index < -0.39 is 6.10 Å². The Hall–Kier alpha value is -3.80. The zero-order valence-corrected chi connectivity index (χ0v) is 17.9. The van der Waals surface area contributed by atoms with E-state index in [4.69, 9.17) is 9.47 Å². The number of hydrogen-bond donors (Lipinski definition) is 2. The Kier molecular flexibility index (Phi) is 6.70. The van der Waals surface area contributed by atoms with Gasteiger partial charge in [-0.05, 0) is 61.7 Å². The van der Waals surface area contributed by atoms with Crippen molar-refractivity contribution in [2.45, 2.75) is 31.9 Å². The minimum Gasteiger partial charge on any atom is -0.485 e. The first-order valence-electron chi connectivity index (χ1n) is 10.7. The largest absolute Gasteiger partial charge is 0.485 e. The van der Waals surface area contributed by atoms with Crippen LogP contribution in [0.4, 0.5) is 5.69 Å². The first-order chi connectivity index (χ1) is 15.6. The maximum Gasteiger partial charge on any atom is 0.269 e. The molecule has 2 N–H and O–H groups in total. The van der Waals surface area contributed by atoms with Gasteiger partial charge in [-0.1, -0.05) is 42.5 Å². The van der Waals surface area contributed by atoms with Crippen LogP contribution >= 0.6 is 0 Å². The summed E-state index contributed by atoms with van der Waals surface area (Å²) in [4.78, 5) is 25.1. The number of ether oxygens (including phenoxy) is 2. The second-order valence-corrected chi connectivity index (χ2v) is 7.83. The molecule has 0 saturated carbocycles. The molecule has 4 rings (SSSR count). The van der Waals surface area contributed by atoms with Crippen LogP contribution in [0.25, 0.3) is 0 Å². The maximum absolute atomic E-state index is 12.5. The van der Waals surface area contributed by atoms with E-state index >= 15 is 0 Å². The minimum atomic E-state index is -0.738. The predicted octanol–water partition coefficient (Wildman–Crippen LogP) is 4.22. The van der Waals surface area contributed by atoms with Gasteiger partial charge in [0.05, 0.1) is 0 Å². The molecule has 0 saturated heterocycles. The van der Waals surface area contributed by atoms with Crippen LogP contribution in [-0.2, 0) is 11.2 Å². The Morgan fingerprint density at radius 2 is 1.62 bits per heavy atom. The van der Waals surface area contributed by atoms with Gasteiger partial charge in [-0.3, -0.25) is 9.59 Å². The minimum absolute atomic E-state index is 0.0495. The molecule has 0 fully saturated rings. The van der Waals surface area contributed by atoms with Gasteiger partial charge in [-0.25, -0.2) is 0 Å². The van der Waals surface area contributed by atoms with Crippen molar-refractivity contribution in [1.82, 2.24) is 5.32 Å². The first kappa shape index (κ1) is 21.4. The lowest BCUT2D eigenvalue weighted by Gasteiger charge is -2.25. The van der Waals surface area contributed by atoms with E-state index in [1.165, 1.54) is 5.56 Å². The number of fused-ring (bicyclic) bond motifs is 1. The van der Waals surface area contributed by atoms with Crippen molar-refractivity contribution in [3.63, 3.8) is 0 Å². The van der Waals surface area contributed by atoms with Gasteiger partial charge in [0, 0.05) is 17.3 Å². The van der Waals surface area contributed by atoms with Gasteiger partial charge in [0.25, 0.3) is 11.8 Å². The van der Waals surface area contributed by atoms with Crippen molar-refractivity contribution < 1.29 is 19.1 Å². The number of carbonyl (C=O) groups is 2. The molecule has 1 aliphatic heterocycles. The zero-order valence-electron chi connectivity index (χ0n) is 17.9. The fraction of sp³-hybridized carbons (Fsp3) is 0.231. The van der Waals surface area contributed by atoms with Crippen molar-refractivity contribution in [2.75, 3.05) is 11.9 Å². The summed E-state index contributed by atoms with van der Waals surface area (Å²) in [6.07, 6.45) is 1.03. The molecule has 164 valence electrons. The van der Waals surface area contributed by atoms with E-state index in [9.17, 15) is 9.59 Å². The lowest BCUT2D eigenvalue weighted by atomic mass is 10.1. The molecular formula is C26H26N2O4. The fourth-order valence-electron chi connectivity index (χ4n) is 3.48. The number of aryl methyl sites for hydroxylation is 1. The first-order valence-corrected chi connectivity index (χ1v) is 10.7. The standard InChI is InChI=1S/C26H26N2O4/c1-18(11-12-19-7-3-2-4-8-19)27-25(29)20-13-15-21(16-14-20)28-26(30)24-17-31-22-9-5-6-10-23(22)32-24/h2-10,13-16,18,24H,11-12,17H2,1H3,(H,27,29)(H,28,30)/t18-,24-/m1/s1. The number of nitrogens with one attached hydrogen (secondary N) is 2. The third kappa shape index (κ3) is 5.46. The highest BCUT2D eigenvalue weighted by Crippen LogP contribution is 2.31. The molecular weight excluding hydrogens is 404 g/mol. The summed E-state index contributed by atoms with van der Waals surface area (Å²) in [6, 6.07) is 24.3. The number of amides is 2. The highest BCUT2D eigenvalue weighted by Gasteiger charge is 2.27. The molecule has 1 heterocycles. The van der Waals surface area contributed by atoms with Crippen LogP contribution in [0.3, 0.4) is 0 Å². The van der Waals surface area contributed by atoms with Crippen molar-refractivity contribution in [3.05, 3.63) is 90.0 Å². The number of benzene rings is 3. The van der Waals surface area contributed by atoms with Crippen LogP contribution in [0.15, 0.2) is 78.9 Å². The summed E-state index contributed by atoms with van der Waals surface area (Å²) >= 11 is 0. The van der Waals surface area contributed by atoms with Crippen molar-refractivity contribution in [1.29, 1.82) is 0 Å². The number of rotatable bonds is 7. The molecule has 2 atom stereocenters. The van der Waals surface area contributed by atoms with Gasteiger partial charge >= 0.3 is 0 Å². The highest BCUT2D eigenvalue weighted by atomic mass is 16.6. The van der Waals surface area contributed by atoms with Crippen LogP contribution in [0, 0.1) is 0 Å². The molecule has 32 heavy (non-hydrogen) atoms. The van der Waals surface area contributed by atoms with Crippen LogP contribution in [0.5, 0.6) is 11.5 Å². The Balaban J connectivity index is 1.27. The molecule has 0 aromatic heterocycles. The number of anilines is 1. The normalized spacial score (nSPS) is 15.5. The maximum atomic E-state index is 12.5. The topological polar surface area (TPSA) is 76.7 Å². The molecule has 0 bridgehead atoms. The lowest BCUT2D eigenvalue weighted by Crippen LogP contribution is -2.40. The summed E-state index contributed by atoms with van der Waals surface area (Å²) in [7, 11) is 0. The Morgan fingerprint density at radius 1 is 0.938 bits per heavy atom. The monoisotopic (exact) mass is 430 g/mol. The summed E-state index contributed by atoms with van der Waals surface area (Å²) in [6.45, 7) is 2.14. The SMILES string of the molecule is C[C@H](CCc1ccccc1)NC(=O)c1ccc(NC(=O)[C@H]2COc3ccccc3O2)cc1. The summed E-state index contributed by atoms with van der Waals surface area (Å²) in [5.41, 5.74) is 2.39. The molecule has 0 aliphatic carbocycles.